The normalized spacial score (nSPS) is 11.6. The van der Waals surface area contributed by atoms with Gasteiger partial charge in [0.25, 0.3) is 0 Å². The molecule has 5 heteroatoms. The highest BCUT2D eigenvalue weighted by atomic mass is 16.5. The fraction of sp³-hybridized carbons (Fsp3) is 0.190. The van der Waals surface area contributed by atoms with Crippen LogP contribution in [0.25, 0.3) is 0 Å². The van der Waals surface area contributed by atoms with Gasteiger partial charge in [-0.15, -0.1) is 0 Å². The van der Waals surface area contributed by atoms with Crippen LogP contribution in [0.4, 0.5) is 5.69 Å². The molecule has 0 saturated heterocycles. The maximum absolute atomic E-state index is 12.6. The molecule has 1 N–H and O–H groups in total. The molecule has 0 unspecified atom stereocenters. The first-order valence-corrected chi connectivity index (χ1v) is 8.40. The summed E-state index contributed by atoms with van der Waals surface area (Å²) in [6.07, 6.45) is 4.24. The second-order valence-electron chi connectivity index (χ2n) is 5.90. The lowest BCUT2D eigenvalue weighted by Crippen LogP contribution is -2.19. The summed E-state index contributed by atoms with van der Waals surface area (Å²) < 4.78 is 12.5. The van der Waals surface area contributed by atoms with Crippen LogP contribution in [0.1, 0.15) is 18.0 Å². The molecule has 0 fully saturated rings. The third-order valence-electron chi connectivity index (χ3n) is 4.22. The Morgan fingerprint density at radius 2 is 1.65 bits per heavy atom. The third-order valence-corrected chi connectivity index (χ3v) is 4.22. The van der Waals surface area contributed by atoms with E-state index in [1.54, 1.807) is 14.2 Å². The lowest BCUT2D eigenvalue weighted by Gasteiger charge is -2.20. The average Bonchev–Trinajstić information content (AvgIpc) is 3.21. The number of methoxy groups -OCH3 is 2. The van der Waals surface area contributed by atoms with Gasteiger partial charge in [-0.2, -0.15) is 0 Å². The highest BCUT2D eigenvalue weighted by molar-refractivity contribution is 5.91. The van der Waals surface area contributed by atoms with Crippen LogP contribution in [0.3, 0.4) is 0 Å². The molecule has 5 nitrogen and oxygen atoms in total. The van der Waals surface area contributed by atoms with Crippen LogP contribution in [0.15, 0.2) is 73.1 Å². The average molecular weight is 350 g/mol. The molecule has 1 atom stereocenters. The molecule has 1 amide bonds. The Labute approximate surface area is 153 Å². The summed E-state index contributed by atoms with van der Waals surface area (Å²) >= 11 is 0. The number of anilines is 1. The van der Waals surface area contributed by atoms with Gasteiger partial charge in [0.15, 0.2) is 0 Å². The zero-order chi connectivity index (χ0) is 18.4. The molecule has 3 rings (SSSR count). The molecule has 0 spiro atoms. The molecule has 134 valence electrons. The molecular weight excluding hydrogens is 328 g/mol. The van der Waals surface area contributed by atoms with Crippen LogP contribution in [0, 0.1) is 0 Å². The van der Waals surface area contributed by atoms with E-state index >= 15 is 0 Å². The topological polar surface area (TPSA) is 52.5 Å². The van der Waals surface area contributed by atoms with Crippen LogP contribution in [-0.2, 0) is 4.79 Å². The van der Waals surface area contributed by atoms with Crippen molar-refractivity contribution < 1.29 is 14.3 Å². The van der Waals surface area contributed by atoms with E-state index in [2.05, 4.69) is 5.32 Å². The number of amides is 1. The van der Waals surface area contributed by atoms with E-state index in [0.717, 1.165) is 22.7 Å². The number of carbonyl (C=O) groups excluding carboxylic acids is 1. The van der Waals surface area contributed by atoms with Crippen molar-refractivity contribution in [2.45, 2.75) is 12.5 Å². The van der Waals surface area contributed by atoms with Crippen LogP contribution in [-0.4, -0.2) is 24.7 Å². The number of benzene rings is 2. The molecule has 3 aromatic rings. The van der Waals surface area contributed by atoms with Crippen molar-refractivity contribution in [3.63, 3.8) is 0 Å². The number of hydrogen-bond acceptors (Lipinski definition) is 3. The number of ether oxygens (including phenoxy) is 2. The Hall–Kier alpha value is -3.21. The molecule has 2 aromatic carbocycles. The third kappa shape index (κ3) is 4.25. The van der Waals surface area contributed by atoms with E-state index in [1.165, 1.54) is 0 Å². The van der Waals surface area contributed by atoms with Gasteiger partial charge in [-0.05, 0) is 54.1 Å². The maximum Gasteiger partial charge on any atom is 0.226 e. The summed E-state index contributed by atoms with van der Waals surface area (Å²) in [5, 5.41) is 2.94. The number of rotatable bonds is 7. The van der Waals surface area contributed by atoms with Crippen molar-refractivity contribution in [1.29, 1.82) is 0 Å². The highest BCUT2D eigenvalue weighted by Crippen LogP contribution is 2.26. The Morgan fingerprint density at radius 1 is 0.962 bits per heavy atom. The monoisotopic (exact) mass is 350 g/mol. The summed E-state index contributed by atoms with van der Waals surface area (Å²) in [6, 6.07) is 18.9. The summed E-state index contributed by atoms with van der Waals surface area (Å²) in [5.41, 5.74) is 1.76. The standard InChI is InChI=1S/C21H22N2O3/c1-25-18-10-8-17(9-11-18)22-21(24)15-20(23-12-3-4-13-23)16-6-5-7-19(14-16)26-2/h3-14,20H,15H2,1-2H3,(H,22,24)/t20-/m0/s1. The fourth-order valence-electron chi connectivity index (χ4n) is 2.86. The summed E-state index contributed by atoms with van der Waals surface area (Å²) in [5.74, 6) is 1.47. The van der Waals surface area contributed by atoms with Gasteiger partial charge in [-0.3, -0.25) is 4.79 Å². The molecule has 26 heavy (non-hydrogen) atoms. The molecule has 1 heterocycles. The van der Waals surface area contributed by atoms with Gasteiger partial charge in [0, 0.05) is 18.1 Å². The first-order chi connectivity index (χ1) is 12.7. The molecular formula is C21H22N2O3. The van der Waals surface area contributed by atoms with Crippen molar-refractivity contribution in [2.24, 2.45) is 0 Å². The SMILES string of the molecule is COc1ccc(NC(=O)C[C@@H](c2cccc(OC)c2)n2cccc2)cc1. The molecule has 0 aliphatic rings. The van der Waals surface area contributed by atoms with Gasteiger partial charge in [-0.1, -0.05) is 12.1 Å². The zero-order valence-corrected chi connectivity index (χ0v) is 14.9. The van der Waals surface area contributed by atoms with E-state index in [0.29, 0.717) is 6.42 Å². The quantitative estimate of drug-likeness (QED) is 0.697. The van der Waals surface area contributed by atoms with Crippen LogP contribution < -0.4 is 14.8 Å². The number of nitrogens with zero attached hydrogens (tertiary/aromatic N) is 1. The zero-order valence-electron chi connectivity index (χ0n) is 14.9. The van der Waals surface area contributed by atoms with Gasteiger partial charge in [0.1, 0.15) is 11.5 Å². The lowest BCUT2D eigenvalue weighted by atomic mass is 10.0. The van der Waals surface area contributed by atoms with Crippen molar-refractivity contribution in [2.75, 3.05) is 19.5 Å². The van der Waals surface area contributed by atoms with Gasteiger partial charge in [-0.25, -0.2) is 0 Å². The minimum Gasteiger partial charge on any atom is -0.497 e. The van der Waals surface area contributed by atoms with E-state index in [9.17, 15) is 4.79 Å². The molecule has 1 aromatic heterocycles. The first-order valence-electron chi connectivity index (χ1n) is 8.40. The Balaban J connectivity index is 1.77. The number of aromatic nitrogens is 1. The van der Waals surface area contributed by atoms with Crippen LogP contribution in [0.5, 0.6) is 11.5 Å². The maximum atomic E-state index is 12.6. The summed E-state index contributed by atoms with van der Waals surface area (Å²) in [6.45, 7) is 0. The molecule has 0 bridgehead atoms. The first kappa shape index (κ1) is 17.6. The van der Waals surface area contributed by atoms with Crippen LogP contribution >= 0.6 is 0 Å². The predicted molar refractivity (Wildman–Crippen MR) is 102 cm³/mol. The Morgan fingerprint density at radius 3 is 2.31 bits per heavy atom. The molecule has 0 radical (unpaired) electrons. The summed E-state index contributed by atoms with van der Waals surface area (Å²) in [7, 11) is 3.25. The van der Waals surface area contributed by atoms with E-state index in [-0.39, 0.29) is 11.9 Å². The predicted octanol–water partition coefficient (Wildman–Crippen LogP) is 4.12. The minimum atomic E-state index is -0.113. The van der Waals surface area contributed by atoms with E-state index in [4.69, 9.17) is 9.47 Å². The van der Waals surface area contributed by atoms with Gasteiger partial charge in [0.2, 0.25) is 5.91 Å². The van der Waals surface area contributed by atoms with Crippen molar-refractivity contribution in [3.8, 4) is 11.5 Å². The molecule has 0 aliphatic heterocycles. The number of nitrogens with one attached hydrogen (secondary N) is 1. The Bertz CT molecular complexity index is 842. The van der Waals surface area contributed by atoms with Gasteiger partial charge < -0.3 is 19.4 Å². The Kier molecular flexibility index (Phi) is 5.59. The van der Waals surface area contributed by atoms with Crippen molar-refractivity contribution in [3.05, 3.63) is 78.6 Å². The lowest BCUT2D eigenvalue weighted by molar-refractivity contribution is -0.116. The van der Waals surface area contributed by atoms with Crippen molar-refractivity contribution >= 4 is 11.6 Å². The van der Waals surface area contributed by atoms with Crippen LogP contribution in [0.2, 0.25) is 0 Å². The van der Waals surface area contributed by atoms with Crippen molar-refractivity contribution in [1.82, 2.24) is 4.57 Å². The second-order valence-corrected chi connectivity index (χ2v) is 5.90. The fourth-order valence-corrected chi connectivity index (χ4v) is 2.86. The largest absolute Gasteiger partial charge is 0.497 e. The molecule has 0 aliphatic carbocycles. The van der Waals surface area contributed by atoms with Gasteiger partial charge >= 0.3 is 0 Å². The number of carbonyl (C=O) groups is 1. The second kappa shape index (κ2) is 8.25. The number of hydrogen-bond donors (Lipinski definition) is 1. The highest BCUT2D eigenvalue weighted by Gasteiger charge is 2.18. The smallest absolute Gasteiger partial charge is 0.226 e. The molecule has 0 saturated carbocycles. The summed E-state index contributed by atoms with van der Waals surface area (Å²) in [4.78, 5) is 12.6. The van der Waals surface area contributed by atoms with E-state index < -0.39 is 0 Å². The van der Waals surface area contributed by atoms with E-state index in [1.807, 2.05) is 77.6 Å². The minimum absolute atomic E-state index is 0.0586. The van der Waals surface area contributed by atoms with Gasteiger partial charge in [0.05, 0.1) is 26.7 Å².